The standard InChI is InChI=1S/C14H16ClN3S/c1-2-7-16-9-11-4-3-5-12(15)14(11)19-13-6-8-17-10-18-13/h3-6,8,10,16H,2,7,9H2,1H3. The minimum atomic E-state index is 0.763. The van der Waals surface area contributed by atoms with E-state index in [1.54, 1.807) is 24.3 Å². The molecule has 0 atom stereocenters. The molecule has 1 aromatic carbocycles. The van der Waals surface area contributed by atoms with E-state index in [1.807, 2.05) is 18.2 Å². The number of halogens is 1. The van der Waals surface area contributed by atoms with Gasteiger partial charge in [-0.1, -0.05) is 42.4 Å². The molecular formula is C14H16ClN3S. The molecule has 0 aliphatic rings. The van der Waals surface area contributed by atoms with Crippen LogP contribution >= 0.6 is 23.4 Å². The van der Waals surface area contributed by atoms with Crippen LogP contribution in [0.4, 0.5) is 0 Å². The lowest BCUT2D eigenvalue weighted by Crippen LogP contribution is -2.14. The zero-order valence-electron chi connectivity index (χ0n) is 10.8. The Bertz CT molecular complexity index is 519. The van der Waals surface area contributed by atoms with E-state index in [-0.39, 0.29) is 0 Å². The van der Waals surface area contributed by atoms with Crippen molar-refractivity contribution < 1.29 is 0 Å². The van der Waals surface area contributed by atoms with Crippen molar-refractivity contribution in [1.82, 2.24) is 15.3 Å². The highest BCUT2D eigenvalue weighted by atomic mass is 35.5. The molecule has 3 nitrogen and oxygen atoms in total. The van der Waals surface area contributed by atoms with Crippen molar-refractivity contribution in [3.05, 3.63) is 47.4 Å². The maximum Gasteiger partial charge on any atom is 0.116 e. The van der Waals surface area contributed by atoms with E-state index in [0.29, 0.717) is 0 Å². The highest BCUT2D eigenvalue weighted by molar-refractivity contribution is 7.99. The first-order valence-electron chi connectivity index (χ1n) is 6.23. The van der Waals surface area contributed by atoms with Crippen LogP contribution in [0.15, 0.2) is 46.7 Å². The molecule has 5 heteroatoms. The van der Waals surface area contributed by atoms with Gasteiger partial charge in [0.2, 0.25) is 0 Å². The zero-order valence-corrected chi connectivity index (χ0v) is 12.3. The highest BCUT2D eigenvalue weighted by Crippen LogP contribution is 2.34. The van der Waals surface area contributed by atoms with E-state index in [2.05, 4.69) is 28.3 Å². The molecule has 2 aromatic rings. The van der Waals surface area contributed by atoms with Crippen LogP contribution < -0.4 is 5.32 Å². The van der Waals surface area contributed by atoms with Gasteiger partial charge < -0.3 is 5.32 Å². The molecule has 0 fully saturated rings. The average molecular weight is 294 g/mol. The highest BCUT2D eigenvalue weighted by Gasteiger charge is 2.09. The first-order valence-corrected chi connectivity index (χ1v) is 7.42. The monoisotopic (exact) mass is 293 g/mol. The van der Waals surface area contributed by atoms with Gasteiger partial charge in [-0.05, 0) is 30.7 Å². The number of benzene rings is 1. The van der Waals surface area contributed by atoms with Crippen LogP contribution in [0.5, 0.6) is 0 Å². The molecule has 0 amide bonds. The summed E-state index contributed by atoms with van der Waals surface area (Å²) in [5, 5.41) is 5.07. The molecule has 0 saturated carbocycles. The molecule has 1 heterocycles. The summed E-state index contributed by atoms with van der Waals surface area (Å²) in [6.07, 6.45) is 4.41. The van der Waals surface area contributed by atoms with Crippen molar-refractivity contribution in [2.75, 3.05) is 6.54 Å². The Kier molecular flexibility index (Phi) is 5.63. The van der Waals surface area contributed by atoms with Crippen molar-refractivity contribution >= 4 is 23.4 Å². The molecule has 0 unspecified atom stereocenters. The predicted octanol–water partition coefficient (Wildman–Crippen LogP) is 3.78. The van der Waals surface area contributed by atoms with Crippen LogP contribution in [0.25, 0.3) is 0 Å². The van der Waals surface area contributed by atoms with Gasteiger partial charge in [0, 0.05) is 17.6 Å². The number of nitrogens with zero attached hydrogens (tertiary/aromatic N) is 2. The van der Waals surface area contributed by atoms with Gasteiger partial charge in [-0.25, -0.2) is 9.97 Å². The average Bonchev–Trinajstić information content (AvgIpc) is 2.44. The van der Waals surface area contributed by atoms with Crippen LogP contribution in [0, 0.1) is 0 Å². The number of aromatic nitrogens is 2. The summed E-state index contributed by atoms with van der Waals surface area (Å²) in [7, 11) is 0. The number of hydrogen-bond acceptors (Lipinski definition) is 4. The van der Waals surface area contributed by atoms with Gasteiger partial charge in [0.25, 0.3) is 0 Å². The SMILES string of the molecule is CCCNCc1cccc(Cl)c1Sc1ccncn1. The zero-order chi connectivity index (χ0) is 13.5. The van der Waals surface area contributed by atoms with Crippen molar-refractivity contribution in [2.24, 2.45) is 0 Å². The van der Waals surface area contributed by atoms with Crippen molar-refractivity contribution in [3.63, 3.8) is 0 Å². The predicted molar refractivity (Wildman–Crippen MR) is 79.6 cm³/mol. The van der Waals surface area contributed by atoms with Gasteiger partial charge in [0.15, 0.2) is 0 Å². The molecule has 0 aliphatic carbocycles. The molecule has 100 valence electrons. The fourth-order valence-electron chi connectivity index (χ4n) is 1.65. The maximum absolute atomic E-state index is 6.30. The molecule has 19 heavy (non-hydrogen) atoms. The molecule has 2 rings (SSSR count). The molecule has 0 bridgehead atoms. The Morgan fingerprint density at radius 3 is 2.95 bits per heavy atom. The van der Waals surface area contributed by atoms with Gasteiger partial charge in [-0.15, -0.1) is 0 Å². The summed E-state index contributed by atoms with van der Waals surface area (Å²) in [5.74, 6) is 0. The van der Waals surface area contributed by atoms with E-state index >= 15 is 0 Å². The third kappa shape index (κ3) is 4.20. The molecule has 1 N–H and O–H groups in total. The fraction of sp³-hybridized carbons (Fsp3) is 0.286. The van der Waals surface area contributed by atoms with Crippen molar-refractivity contribution in [2.45, 2.75) is 29.8 Å². The smallest absolute Gasteiger partial charge is 0.116 e. The van der Waals surface area contributed by atoms with Crippen LogP contribution in [0.1, 0.15) is 18.9 Å². The second-order valence-corrected chi connectivity index (χ2v) is 5.49. The largest absolute Gasteiger partial charge is 0.313 e. The first kappa shape index (κ1) is 14.3. The molecular weight excluding hydrogens is 278 g/mol. The second kappa shape index (κ2) is 7.48. The number of nitrogens with one attached hydrogen (secondary N) is 1. The van der Waals surface area contributed by atoms with Crippen LogP contribution in [0.2, 0.25) is 5.02 Å². The Balaban J connectivity index is 2.18. The van der Waals surface area contributed by atoms with E-state index in [9.17, 15) is 0 Å². The lowest BCUT2D eigenvalue weighted by molar-refractivity contribution is 0.669. The Morgan fingerprint density at radius 1 is 1.32 bits per heavy atom. The fourth-order valence-corrected chi connectivity index (χ4v) is 2.83. The maximum atomic E-state index is 6.30. The van der Waals surface area contributed by atoms with Crippen molar-refractivity contribution in [1.29, 1.82) is 0 Å². The van der Waals surface area contributed by atoms with E-state index in [4.69, 9.17) is 11.6 Å². The Morgan fingerprint density at radius 2 is 2.21 bits per heavy atom. The summed E-state index contributed by atoms with van der Waals surface area (Å²) in [4.78, 5) is 9.21. The topological polar surface area (TPSA) is 37.8 Å². The molecule has 1 aromatic heterocycles. The van der Waals surface area contributed by atoms with E-state index in [0.717, 1.165) is 34.5 Å². The number of rotatable bonds is 6. The van der Waals surface area contributed by atoms with Gasteiger partial charge in [-0.2, -0.15) is 0 Å². The second-order valence-electron chi connectivity index (χ2n) is 4.05. The van der Waals surface area contributed by atoms with E-state index < -0.39 is 0 Å². The van der Waals surface area contributed by atoms with Gasteiger partial charge in [0.05, 0.1) is 5.02 Å². The lowest BCUT2D eigenvalue weighted by atomic mass is 10.2. The summed E-state index contributed by atoms with van der Waals surface area (Å²) in [6, 6.07) is 7.87. The summed E-state index contributed by atoms with van der Waals surface area (Å²) in [6.45, 7) is 3.98. The Hall–Kier alpha value is -1.10. The summed E-state index contributed by atoms with van der Waals surface area (Å²) in [5.41, 5.74) is 1.20. The van der Waals surface area contributed by atoms with Gasteiger partial charge in [0.1, 0.15) is 11.4 Å². The first-order chi connectivity index (χ1) is 9.31. The van der Waals surface area contributed by atoms with Gasteiger partial charge >= 0.3 is 0 Å². The molecule has 0 saturated heterocycles. The summed E-state index contributed by atoms with van der Waals surface area (Å²) < 4.78 is 0. The molecule has 0 spiro atoms. The van der Waals surface area contributed by atoms with Crippen LogP contribution in [-0.4, -0.2) is 16.5 Å². The number of hydrogen-bond donors (Lipinski definition) is 1. The third-order valence-electron chi connectivity index (χ3n) is 2.55. The van der Waals surface area contributed by atoms with Crippen molar-refractivity contribution in [3.8, 4) is 0 Å². The normalized spacial score (nSPS) is 10.6. The van der Waals surface area contributed by atoms with Crippen LogP contribution in [-0.2, 0) is 6.54 Å². The Labute approximate surface area is 122 Å². The quantitative estimate of drug-likeness (QED) is 0.650. The molecule has 0 aliphatic heterocycles. The summed E-state index contributed by atoms with van der Waals surface area (Å²) >= 11 is 7.88. The van der Waals surface area contributed by atoms with E-state index in [1.165, 1.54) is 5.56 Å². The van der Waals surface area contributed by atoms with Gasteiger partial charge in [-0.3, -0.25) is 0 Å². The lowest BCUT2D eigenvalue weighted by Gasteiger charge is -2.11. The van der Waals surface area contributed by atoms with Crippen LogP contribution in [0.3, 0.4) is 0 Å². The third-order valence-corrected chi connectivity index (χ3v) is 4.12. The minimum Gasteiger partial charge on any atom is -0.313 e. The molecule has 0 radical (unpaired) electrons. The minimum absolute atomic E-state index is 0.763.